The van der Waals surface area contributed by atoms with Crippen molar-refractivity contribution in [2.45, 2.75) is 34.1 Å². The summed E-state index contributed by atoms with van der Waals surface area (Å²) in [5.74, 6) is -0.388. The molecule has 1 amide bonds. The minimum Gasteiger partial charge on any atom is -0.618 e. The number of aromatic nitrogens is 1. The van der Waals surface area contributed by atoms with Gasteiger partial charge in [-0.25, -0.2) is 0 Å². The number of rotatable bonds is 4. The van der Waals surface area contributed by atoms with E-state index in [1.54, 1.807) is 19.9 Å². The molecule has 0 aliphatic rings. The number of anilines is 1. The molecule has 126 valence electrons. The van der Waals surface area contributed by atoms with Gasteiger partial charge in [0, 0.05) is 25.1 Å². The van der Waals surface area contributed by atoms with Gasteiger partial charge in [0.1, 0.15) is 5.56 Å². The normalized spacial score (nSPS) is 10.5. The van der Waals surface area contributed by atoms with Crippen molar-refractivity contribution in [1.82, 2.24) is 0 Å². The molecule has 24 heavy (non-hydrogen) atoms. The maximum absolute atomic E-state index is 12.8. The van der Waals surface area contributed by atoms with Gasteiger partial charge in [0.05, 0.1) is 5.02 Å². The van der Waals surface area contributed by atoms with Gasteiger partial charge in [0.25, 0.3) is 5.91 Å². The standard InChI is InChI=1S/C19H21ClN2O2/c1-6-8-15-13(4)22(24)14(5)17(18(15)20)19(23)21-16-10-7-9-11(2)12(16)3/h6-7,9-10H,1,8H2,2-5H3,(H,21,23). The fourth-order valence-corrected chi connectivity index (χ4v) is 3.10. The van der Waals surface area contributed by atoms with Crippen molar-refractivity contribution >= 4 is 23.2 Å². The largest absolute Gasteiger partial charge is 0.618 e. The number of benzene rings is 1. The summed E-state index contributed by atoms with van der Waals surface area (Å²) < 4.78 is 0.753. The van der Waals surface area contributed by atoms with Crippen molar-refractivity contribution in [1.29, 1.82) is 0 Å². The third-order valence-electron chi connectivity index (χ3n) is 4.32. The second-order valence-corrected chi connectivity index (χ2v) is 6.21. The summed E-state index contributed by atoms with van der Waals surface area (Å²) in [6.07, 6.45) is 2.09. The topological polar surface area (TPSA) is 56.0 Å². The molecule has 2 rings (SSSR count). The molecule has 0 unspecified atom stereocenters. The van der Waals surface area contributed by atoms with E-state index in [4.69, 9.17) is 11.6 Å². The van der Waals surface area contributed by atoms with Crippen LogP contribution >= 0.6 is 11.6 Å². The number of amides is 1. The van der Waals surface area contributed by atoms with Gasteiger partial charge in [0.15, 0.2) is 5.69 Å². The molecule has 0 aliphatic heterocycles. The first-order valence-corrected chi connectivity index (χ1v) is 8.06. The number of allylic oxidation sites excluding steroid dienone is 1. The van der Waals surface area contributed by atoms with Gasteiger partial charge in [-0.15, -0.1) is 6.58 Å². The Morgan fingerprint density at radius 2 is 1.96 bits per heavy atom. The minimum atomic E-state index is -0.388. The lowest BCUT2D eigenvalue weighted by Gasteiger charge is -2.16. The van der Waals surface area contributed by atoms with Crippen molar-refractivity contribution in [3.8, 4) is 0 Å². The van der Waals surface area contributed by atoms with E-state index in [-0.39, 0.29) is 17.2 Å². The van der Waals surface area contributed by atoms with Crippen LogP contribution in [0.5, 0.6) is 0 Å². The van der Waals surface area contributed by atoms with Crippen molar-refractivity contribution in [3.63, 3.8) is 0 Å². The quantitative estimate of drug-likeness (QED) is 0.513. The summed E-state index contributed by atoms with van der Waals surface area (Å²) in [6.45, 7) is 10.9. The third kappa shape index (κ3) is 3.15. The molecule has 0 bridgehead atoms. The van der Waals surface area contributed by atoms with E-state index in [9.17, 15) is 10.0 Å². The summed E-state index contributed by atoms with van der Waals surface area (Å²) in [7, 11) is 0. The van der Waals surface area contributed by atoms with E-state index in [0.29, 0.717) is 28.4 Å². The van der Waals surface area contributed by atoms with Crippen LogP contribution in [0.2, 0.25) is 5.02 Å². The number of nitrogens with one attached hydrogen (secondary N) is 1. The van der Waals surface area contributed by atoms with Crippen molar-refractivity contribution < 1.29 is 9.52 Å². The Balaban J connectivity index is 2.53. The second-order valence-electron chi connectivity index (χ2n) is 5.83. The zero-order chi connectivity index (χ0) is 18.0. The maximum Gasteiger partial charge on any atom is 0.263 e. The Hall–Kier alpha value is -2.33. The van der Waals surface area contributed by atoms with E-state index in [1.165, 1.54) is 0 Å². The fraction of sp³-hybridized carbons (Fsp3) is 0.263. The van der Waals surface area contributed by atoms with Gasteiger partial charge in [-0.1, -0.05) is 29.8 Å². The summed E-state index contributed by atoms with van der Waals surface area (Å²) in [6, 6.07) is 5.68. The average molecular weight is 345 g/mol. The molecule has 5 heteroatoms. The number of nitrogens with zero attached hydrogens (tertiary/aromatic N) is 1. The van der Waals surface area contributed by atoms with Gasteiger partial charge in [-0.3, -0.25) is 4.79 Å². The molecule has 1 heterocycles. The Morgan fingerprint density at radius 3 is 2.58 bits per heavy atom. The zero-order valence-electron chi connectivity index (χ0n) is 14.4. The maximum atomic E-state index is 12.8. The molecule has 0 saturated carbocycles. The van der Waals surface area contributed by atoms with Gasteiger partial charge < -0.3 is 10.5 Å². The highest BCUT2D eigenvalue weighted by molar-refractivity contribution is 6.35. The van der Waals surface area contributed by atoms with Crippen LogP contribution in [0.3, 0.4) is 0 Å². The van der Waals surface area contributed by atoms with Crippen molar-refractivity contribution in [2.24, 2.45) is 0 Å². The number of aryl methyl sites for hydroxylation is 1. The van der Waals surface area contributed by atoms with Crippen molar-refractivity contribution in [2.75, 3.05) is 5.32 Å². The van der Waals surface area contributed by atoms with Crippen LogP contribution in [0.25, 0.3) is 0 Å². The molecule has 0 saturated heterocycles. The number of hydrogen-bond acceptors (Lipinski definition) is 2. The van der Waals surface area contributed by atoms with E-state index in [1.807, 2.05) is 32.0 Å². The Morgan fingerprint density at radius 1 is 1.29 bits per heavy atom. The molecular formula is C19H21ClN2O2. The summed E-state index contributed by atoms with van der Waals surface area (Å²) in [5.41, 5.74) is 4.36. The number of pyridine rings is 1. The fourth-order valence-electron chi connectivity index (χ4n) is 2.66. The predicted octanol–water partition coefficient (Wildman–Crippen LogP) is 4.19. The van der Waals surface area contributed by atoms with E-state index in [0.717, 1.165) is 15.9 Å². The van der Waals surface area contributed by atoms with Crippen LogP contribution in [0.1, 0.15) is 38.4 Å². The molecule has 1 aromatic carbocycles. The molecule has 0 aliphatic carbocycles. The first-order chi connectivity index (χ1) is 11.3. The number of carbonyl (C=O) groups excluding carboxylic acids is 1. The van der Waals surface area contributed by atoms with Gasteiger partial charge in [-0.2, -0.15) is 4.73 Å². The molecule has 0 fully saturated rings. The van der Waals surface area contributed by atoms with Crippen LogP contribution < -0.4 is 10.0 Å². The lowest BCUT2D eigenvalue weighted by molar-refractivity contribution is -0.619. The highest BCUT2D eigenvalue weighted by Gasteiger charge is 2.26. The van der Waals surface area contributed by atoms with Crippen molar-refractivity contribution in [3.05, 3.63) is 74.7 Å². The predicted molar refractivity (Wildman–Crippen MR) is 97.7 cm³/mol. The molecule has 0 radical (unpaired) electrons. The smallest absolute Gasteiger partial charge is 0.263 e. The molecular weight excluding hydrogens is 324 g/mol. The third-order valence-corrected chi connectivity index (χ3v) is 4.74. The monoisotopic (exact) mass is 344 g/mol. The van der Waals surface area contributed by atoms with Gasteiger partial charge in [0.2, 0.25) is 5.69 Å². The van der Waals surface area contributed by atoms with E-state index in [2.05, 4.69) is 11.9 Å². The highest BCUT2D eigenvalue weighted by Crippen LogP contribution is 2.27. The first-order valence-electron chi connectivity index (χ1n) is 7.69. The number of carbonyl (C=O) groups is 1. The molecule has 1 N–H and O–H groups in total. The average Bonchev–Trinajstić information content (AvgIpc) is 2.54. The molecule has 2 aromatic rings. The van der Waals surface area contributed by atoms with Gasteiger partial charge >= 0.3 is 0 Å². The lowest BCUT2D eigenvalue weighted by atomic mass is 10.0. The zero-order valence-corrected chi connectivity index (χ0v) is 15.1. The second kappa shape index (κ2) is 7.05. The SMILES string of the molecule is C=CCc1c(Cl)c(C(=O)Nc2cccc(C)c2C)c(C)[n+]([O-])c1C. The molecule has 0 spiro atoms. The highest BCUT2D eigenvalue weighted by atomic mass is 35.5. The molecule has 1 aromatic heterocycles. The first kappa shape index (κ1) is 18.0. The van der Waals surface area contributed by atoms with Crippen LogP contribution in [0, 0.1) is 32.9 Å². The van der Waals surface area contributed by atoms with E-state index >= 15 is 0 Å². The molecule has 4 nitrogen and oxygen atoms in total. The Labute approximate surface area is 147 Å². The van der Waals surface area contributed by atoms with Crippen LogP contribution in [-0.2, 0) is 6.42 Å². The van der Waals surface area contributed by atoms with Crippen LogP contribution in [0.4, 0.5) is 5.69 Å². The number of halogens is 1. The number of hydrogen-bond donors (Lipinski definition) is 1. The Bertz CT molecular complexity index is 829. The summed E-state index contributed by atoms with van der Waals surface area (Å²) in [5, 5.41) is 15.5. The Kier molecular flexibility index (Phi) is 5.30. The van der Waals surface area contributed by atoms with Crippen LogP contribution in [0.15, 0.2) is 30.9 Å². The lowest BCUT2D eigenvalue weighted by Crippen LogP contribution is -2.38. The van der Waals surface area contributed by atoms with Crippen LogP contribution in [-0.4, -0.2) is 5.91 Å². The van der Waals surface area contributed by atoms with Gasteiger partial charge in [-0.05, 0) is 37.5 Å². The van der Waals surface area contributed by atoms with E-state index < -0.39 is 0 Å². The minimum absolute atomic E-state index is 0.204. The summed E-state index contributed by atoms with van der Waals surface area (Å²) in [4.78, 5) is 12.8. The summed E-state index contributed by atoms with van der Waals surface area (Å²) >= 11 is 6.44. The molecule has 0 atom stereocenters.